The van der Waals surface area contributed by atoms with Crippen molar-refractivity contribution in [1.82, 2.24) is 9.97 Å². The van der Waals surface area contributed by atoms with Crippen molar-refractivity contribution in [3.05, 3.63) is 28.8 Å². The van der Waals surface area contributed by atoms with Crippen LogP contribution in [0.3, 0.4) is 0 Å². The summed E-state index contributed by atoms with van der Waals surface area (Å²) in [7, 11) is 0. The number of nitrogens with zero attached hydrogens (tertiary/aromatic N) is 3. The Balaban J connectivity index is 2.32. The molecule has 0 aliphatic carbocycles. The first kappa shape index (κ1) is 16.3. The van der Waals surface area contributed by atoms with Crippen molar-refractivity contribution in [2.45, 2.75) is 31.0 Å². The molecule has 2 aromatic heterocycles. The third kappa shape index (κ3) is 3.98. The zero-order valence-corrected chi connectivity index (χ0v) is 14.4. The van der Waals surface area contributed by atoms with Crippen molar-refractivity contribution >= 4 is 34.3 Å². The zero-order chi connectivity index (χ0) is 15.4. The number of hydrogen-bond acceptors (Lipinski definition) is 6. The van der Waals surface area contributed by atoms with Gasteiger partial charge >= 0.3 is 0 Å². The number of nitriles is 1. The molecule has 110 valence electrons. The van der Waals surface area contributed by atoms with Crippen molar-refractivity contribution < 1.29 is 4.55 Å². The van der Waals surface area contributed by atoms with Crippen LogP contribution in [0.1, 0.15) is 25.0 Å². The minimum absolute atomic E-state index is 0.103. The molecule has 7 heteroatoms. The van der Waals surface area contributed by atoms with Gasteiger partial charge in [-0.15, -0.1) is 11.3 Å². The zero-order valence-electron chi connectivity index (χ0n) is 12.0. The van der Waals surface area contributed by atoms with Gasteiger partial charge in [0.1, 0.15) is 27.0 Å². The highest BCUT2D eigenvalue weighted by Crippen LogP contribution is 2.30. The molecule has 2 heterocycles. The first-order chi connectivity index (χ1) is 10.0. The van der Waals surface area contributed by atoms with Crippen LogP contribution in [-0.4, -0.2) is 24.9 Å². The Kier molecular flexibility index (Phi) is 5.65. The van der Waals surface area contributed by atoms with Gasteiger partial charge in [-0.25, -0.2) is 9.97 Å². The average molecular weight is 337 g/mol. The molecule has 0 N–H and O–H groups in total. The maximum atomic E-state index is 11.9. The highest BCUT2D eigenvalue weighted by Gasteiger charge is 2.17. The minimum Gasteiger partial charge on any atom is -0.615 e. The molecule has 0 amide bonds. The minimum atomic E-state index is -0.932. The van der Waals surface area contributed by atoms with Crippen LogP contribution in [0, 0.1) is 18.3 Å². The number of pyridine rings is 1. The van der Waals surface area contributed by atoms with Gasteiger partial charge in [0.25, 0.3) is 0 Å². The highest BCUT2D eigenvalue weighted by molar-refractivity contribution is 8.12. The summed E-state index contributed by atoms with van der Waals surface area (Å²) in [6, 6.07) is 4.07. The predicted octanol–water partition coefficient (Wildman–Crippen LogP) is 3.59. The van der Waals surface area contributed by atoms with Crippen molar-refractivity contribution in [2.75, 3.05) is 5.08 Å². The molecular formula is C14H15N3OS3. The van der Waals surface area contributed by atoms with Crippen LogP contribution in [0.15, 0.2) is 22.7 Å². The summed E-state index contributed by atoms with van der Waals surface area (Å²) in [5.41, 5.74) is 2.19. The monoisotopic (exact) mass is 337 g/mol. The summed E-state index contributed by atoms with van der Waals surface area (Å²) in [5, 5.41) is 13.2. The highest BCUT2D eigenvalue weighted by atomic mass is 32.3. The molecule has 0 aliphatic rings. The normalized spacial score (nSPS) is 12.4. The molecule has 0 fully saturated rings. The van der Waals surface area contributed by atoms with Crippen molar-refractivity contribution in [3.63, 3.8) is 0 Å². The van der Waals surface area contributed by atoms with Crippen LogP contribution in [0.4, 0.5) is 0 Å². The standard InChI is InChI=1S/C14H15N3OS3/c1-9(2)21(18)8-20-13-11(7-15)10(3)6-12(17-13)14-16-4-5-19-14/h4-6,9H,8H2,1-3H3. The maximum absolute atomic E-state index is 11.9. The van der Waals surface area contributed by atoms with E-state index < -0.39 is 11.2 Å². The van der Waals surface area contributed by atoms with E-state index in [0.717, 1.165) is 16.3 Å². The van der Waals surface area contributed by atoms with E-state index in [4.69, 9.17) is 0 Å². The van der Waals surface area contributed by atoms with Gasteiger partial charge in [0.2, 0.25) is 0 Å². The van der Waals surface area contributed by atoms with E-state index in [1.807, 2.05) is 32.2 Å². The first-order valence-corrected chi connectivity index (χ1v) is 9.59. The van der Waals surface area contributed by atoms with Gasteiger partial charge in [-0.1, -0.05) is 11.8 Å². The average Bonchev–Trinajstić information content (AvgIpc) is 2.98. The predicted molar refractivity (Wildman–Crippen MR) is 88.8 cm³/mol. The second-order valence-electron chi connectivity index (χ2n) is 4.65. The second kappa shape index (κ2) is 7.27. The lowest BCUT2D eigenvalue weighted by Gasteiger charge is -2.14. The number of thiazole rings is 1. The Morgan fingerprint density at radius 1 is 1.52 bits per heavy atom. The molecule has 0 radical (unpaired) electrons. The van der Waals surface area contributed by atoms with Gasteiger partial charge in [-0.3, -0.25) is 0 Å². The Bertz CT molecular complexity index is 650. The van der Waals surface area contributed by atoms with Gasteiger partial charge in [0.15, 0.2) is 5.08 Å². The molecule has 4 nitrogen and oxygen atoms in total. The Morgan fingerprint density at radius 2 is 2.29 bits per heavy atom. The summed E-state index contributed by atoms with van der Waals surface area (Å²) in [6.07, 6.45) is 1.73. The number of aromatic nitrogens is 2. The first-order valence-electron chi connectivity index (χ1n) is 6.34. The summed E-state index contributed by atoms with van der Waals surface area (Å²) in [4.78, 5) is 8.78. The largest absolute Gasteiger partial charge is 0.615 e. The third-order valence-corrected chi connectivity index (χ3v) is 6.60. The molecule has 0 bridgehead atoms. The number of rotatable bonds is 5. The van der Waals surface area contributed by atoms with Gasteiger partial charge in [0, 0.05) is 11.6 Å². The molecule has 0 spiro atoms. The molecule has 0 saturated carbocycles. The van der Waals surface area contributed by atoms with E-state index in [-0.39, 0.29) is 5.25 Å². The molecule has 2 rings (SSSR count). The van der Waals surface area contributed by atoms with Crippen LogP contribution >= 0.6 is 23.1 Å². The second-order valence-corrected chi connectivity index (χ2v) is 8.86. The molecular weight excluding hydrogens is 322 g/mol. The van der Waals surface area contributed by atoms with Gasteiger partial charge < -0.3 is 4.55 Å². The molecule has 0 aromatic carbocycles. The van der Waals surface area contributed by atoms with Gasteiger partial charge in [-0.05, 0) is 43.6 Å². The van der Waals surface area contributed by atoms with Crippen LogP contribution in [-0.2, 0) is 11.2 Å². The fourth-order valence-electron chi connectivity index (χ4n) is 1.59. The Morgan fingerprint density at radius 3 is 2.86 bits per heavy atom. The quantitative estimate of drug-likeness (QED) is 0.616. The molecule has 0 saturated heterocycles. The Labute approximate surface area is 135 Å². The third-order valence-electron chi connectivity index (χ3n) is 2.78. The lowest BCUT2D eigenvalue weighted by atomic mass is 10.1. The summed E-state index contributed by atoms with van der Waals surface area (Å²) < 4.78 is 11.9. The van der Waals surface area contributed by atoms with Crippen LogP contribution < -0.4 is 0 Å². The van der Waals surface area contributed by atoms with E-state index in [9.17, 15) is 9.81 Å². The van der Waals surface area contributed by atoms with E-state index in [1.165, 1.54) is 23.1 Å². The molecule has 1 unspecified atom stereocenters. The summed E-state index contributed by atoms with van der Waals surface area (Å²) >= 11 is 1.96. The number of thioether (sulfide) groups is 1. The fourth-order valence-corrected chi connectivity index (χ4v) is 4.70. The topological polar surface area (TPSA) is 72.6 Å². The fraction of sp³-hybridized carbons (Fsp3) is 0.357. The number of aryl methyl sites for hydroxylation is 1. The summed E-state index contributed by atoms with van der Waals surface area (Å²) in [6.45, 7) is 5.74. The van der Waals surface area contributed by atoms with Crippen LogP contribution in [0.25, 0.3) is 10.7 Å². The van der Waals surface area contributed by atoms with E-state index in [1.54, 1.807) is 6.20 Å². The SMILES string of the molecule is Cc1cc(-c2nccs2)nc(SC[S+]([O-])C(C)C)c1C#N. The lowest BCUT2D eigenvalue weighted by Crippen LogP contribution is -2.16. The van der Waals surface area contributed by atoms with E-state index >= 15 is 0 Å². The van der Waals surface area contributed by atoms with Crippen LogP contribution in [0.2, 0.25) is 0 Å². The van der Waals surface area contributed by atoms with Crippen molar-refractivity contribution in [2.24, 2.45) is 0 Å². The smallest absolute Gasteiger partial charge is 0.157 e. The van der Waals surface area contributed by atoms with Crippen molar-refractivity contribution in [3.8, 4) is 16.8 Å². The van der Waals surface area contributed by atoms with Crippen molar-refractivity contribution in [1.29, 1.82) is 5.26 Å². The summed E-state index contributed by atoms with van der Waals surface area (Å²) in [5.74, 6) is 0. The van der Waals surface area contributed by atoms with E-state index in [2.05, 4.69) is 16.0 Å². The molecule has 1 atom stereocenters. The maximum Gasteiger partial charge on any atom is 0.157 e. The molecule has 21 heavy (non-hydrogen) atoms. The van der Waals surface area contributed by atoms with Gasteiger partial charge in [-0.2, -0.15) is 5.26 Å². The Hall–Kier alpha value is -1.07. The van der Waals surface area contributed by atoms with E-state index in [0.29, 0.717) is 15.7 Å². The molecule has 0 aliphatic heterocycles. The van der Waals surface area contributed by atoms with Gasteiger partial charge in [0.05, 0.1) is 5.56 Å². The molecule has 2 aromatic rings. The van der Waals surface area contributed by atoms with Crippen LogP contribution in [0.5, 0.6) is 0 Å². The number of hydrogen-bond donors (Lipinski definition) is 0. The lowest BCUT2D eigenvalue weighted by molar-refractivity contribution is 0.591.